The number of benzene rings is 1. The third-order valence-electron chi connectivity index (χ3n) is 2.68. The maximum atomic E-state index is 10.6. The number of rotatable bonds is 5. The van der Waals surface area contributed by atoms with Crippen molar-refractivity contribution in [2.24, 2.45) is 0 Å². The number of aryl methyl sites for hydroxylation is 1. The zero-order valence-electron chi connectivity index (χ0n) is 10.8. The highest BCUT2D eigenvalue weighted by Crippen LogP contribution is 2.15. The molecule has 2 rings (SSSR count). The summed E-state index contributed by atoms with van der Waals surface area (Å²) in [6, 6.07) is 8.00. The van der Waals surface area contributed by atoms with Crippen LogP contribution < -0.4 is 5.32 Å². The van der Waals surface area contributed by atoms with E-state index in [0.29, 0.717) is 29.8 Å². The topological polar surface area (TPSA) is 81.0 Å². The summed E-state index contributed by atoms with van der Waals surface area (Å²) >= 11 is 5.90. The SMILES string of the molecule is CCc1nc(Cl)cc(NCc2ccc([N+](=O)[O-])cc2)n1. The Morgan fingerprint density at radius 3 is 2.60 bits per heavy atom. The van der Waals surface area contributed by atoms with Gasteiger partial charge < -0.3 is 5.32 Å². The molecule has 1 N–H and O–H groups in total. The van der Waals surface area contributed by atoms with Crippen LogP contribution >= 0.6 is 11.6 Å². The number of nitro groups is 1. The lowest BCUT2D eigenvalue weighted by atomic mass is 10.2. The summed E-state index contributed by atoms with van der Waals surface area (Å²) in [5.74, 6) is 1.31. The van der Waals surface area contributed by atoms with Gasteiger partial charge in [0, 0.05) is 31.2 Å². The third-order valence-corrected chi connectivity index (χ3v) is 2.87. The molecule has 0 spiro atoms. The summed E-state index contributed by atoms with van der Waals surface area (Å²) < 4.78 is 0. The average Bonchev–Trinajstić information content (AvgIpc) is 2.45. The summed E-state index contributed by atoms with van der Waals surface area (Å²) in [5, 5.41) is 14.1. The van der Waals surface area contributed by atoms with Crippen LogP contribution in [0.2, 0.25) is 5.15 Å². The number of hydrogen-bond acceptors (Lipinski definition) is 5. The van der Waals surface area contributed by atoms with E-state index in [2.05, 4.69) is 15.3 Å². The Morgan fingerprint density at radius 2 is 2.00 bits per heavy atom. The van der Waals surface area contributed by atoms with Crippen molar-refractivity contribution in [3.8, 4) is 0 Å². The quantitative estimate of drug-likeness (QED) is 0.520. The van der Waals surface area contributed by atoms with Crippen LogP contribution in [0.5, 0.6) is 0 Å². The zero-order chi connectivity index (χ0) is 14.5. The van der Waals surface area contributed by atoms with E-state index in [1.165, 1.54) is 12.1 Å². The van der Waals surface area contributed by atoms with Crippen LogP contribution in [0.3, 0.4) is 0 Å². The molecule has 0 atom stereocenters. The van der Waals surface area contributed by atoms with Crippen LogP contribution in [0.25, 0.3) is 0 Å². The standard InChI is InChI=1S/C13H13ClN4O2/c1-2-12-16-11(14)7-13(17-12)15-8-9-3-5-10(6-4-9)18(19)20/h3-7H,2,8H2,1H3,(H,15,16,17). The van der Waals surface area contributed by atoms with Gasteiger partial charge in [0.1, 0.15) is 16.8 Å². The van der Waals surface area contributed by atoms with Crippen molar-refractivity contribution in [1.29, 1.82) is 0 Å². The van der Waals surface area contributed by atoms with E-state index in [9.17, 15) is 10.1 Å². The van der Waals surface area contributed by atoms with Crippen molar-refractivity contribution in [3.05, 3.63) is 57.0 Å². The zero-order valence-corrected chi connectivity index (χ0v) is 11.6. The first-order valence-corrected chi connectivity index (χ1v) is 6.47. The Morgan fingerprint density at radius 1 is 1.30 bits per heavy atom. The first-order valence-electron chi connectivity index (χ1n) is 6.09. The first kappa shape index (κ1) is 14.2. The second-order valence-corrected chi connectivity index (χ2v) is 4.51. The number of nitrogens with zero attached hydrogens (tertiary/aromatic N) is 3. The molecule has 0 saturated carbocycles. The fraction of sp³-hybridized carbons (Fsp3) is 0.231. The number of non-ortho nitro benzene ring substituents is 1. The molecule has 2 aromatic rings. The molecule has 1 aromatic carbocycles. The number of halogens is 1. The van der Waals surface area contributed by atoms with Crippen LogP contribution in [-0.4, -0.2) is 14.9 Å². The molecule has 0 aliphatic heterocycles. The minimum atomic E-state index is -0.422. The Kier molecular flexibility index (Phi) is 4.47. The summed E-state index contributed by atoms with van der Waals surface area (Å²) in [6.07, 6.45) is 0.701. The van der Waals surface area contributed by atoms with Crippen LogP contribution in [0.1, 0.15) is 18.3 Å². The molecule has 1 aromatic heterocycles. The second kappa shape index (κ2) is 6.29. The van der Waals surface area contributed by atoms with Crippen molar-refractivity contribution >= 4 is 23.1 Å². The lowest BCUT2D eigenvalue weighted by molar-refractivity contribution is -0.384. The molecule has 0 saturated heterocycles. The van der Waals surface area contributed by atoms with Gasteiger partial charge in [-0.3, -0.25) is 10.1 Å². The minimum Gasteiger partial charge on any atom is -0.366 e. The lowest BCUT2D eigenvalue weighted by Gasteiger charge is -2.07. The summed E-state index contributed by atoms with van der Waals surface area (Å²) in [4.78, 5) is 18.5. The largest absolute Gasteiger partial charge is 0.366 e. The fourth-order valence-electron chi connectivity index (χ4n) is 1.64. The number of anilines is 1. The van der Waals surface area contributed by atoms with Gasteiger partial charge in [0.05, 0.1) is 4.92 Å². The predicted molar refractivity (Wildman–Crippen MR) is 76.8 cm³/mol. The normalized spacial score (nSPS) is 10.3. The molecule has 0 fully saturated rings. The monoisotopic (exact) mass is 292 g/mol. The van der Waals surface area contributed by atoms with Gasteiger partial charge in [-0.05, 0) is 5.56 Å². The van der Waals surface area contributed by atoms with Crippen LogP contribution in [0, 0.1) is 10.1 Å². The minimum absolute atomic E-state index is 0.0760. The van der Waals surface area contributed by atoms with Gasteiger partial charge in [-0.15, -0.1) is 0 Å². The van der Waals surface area contributed by atoms with Crippen LogP contribution in [0.4, 0.5) is 11.5 Å². The third kappa shape index (κ3) is 3.64. The highest BCUT2D eigenvalue weighted by atomic mass is 35.5. The van der Waals surface area contributed by atoms with E-state index in [1.807, 2.05) is 6.92 Å². The Labute approximate surface area is 121 Å². The molecule has 0 bridgehead atoms. The summed E-state index contributed by atoms with van der Waals surface area (Å²) in [5.41, 5.74) is 0.996. The molecule has 0 aliphatic carbocycles. The van der Waals surface area contributed by atoms with E-state index < -0.39 is 4.92 Å². The molecule has 20 heavy (non-hydrogen) atoms. The van der Waals surface area contributed by atoms with Gasteiger partial charge in [0.25, 0.3) is 5.69 Å². The van der Waals surface area contributed by atoms with Gasteiger partial charge in [0.2, 0.25) is 0 Å². The smallest absolute Gasteiger partial charge is 0.269 e. The van der Waals surface area contributed by atoms with Crippen molar-refractivity contribution in [2.75, 3.05) is 5.32 Å². The molecule has 0 radical (unpaired) electrons. The predicted octanol–water partition coefficient (Wildman–Crippen LogP) is 3.21. The highest BCUT2D eigenvalue weighted by molar-refractivity contribution is 6.29. The molecule has 6 nitrogen and oxygen atoms in total. The van der Waals surface area contributed by atoms with Gasteiger partial charge >= 0.3 is 0 Å². The Hall–Kier alpha value is -2.21. The maximum absolute atomic E-state index is 10.6. The number of nitrogens with one attached hydrogen (secondary N) is 1. The number of nitro benzene ring substituents is 1. The van der Waals surface area contributed by atoms with Crippen molar-refractivity contribution < 1.29 is 4.92 Å². The molecular weight excluding hydrogens is 280 g/mol. The van der Waals surface area contributed by atoms with E-state index in [1.54, 1.807) is 18.2 Å². The maximum Gasteiger partial charge on any atom is 0.269 e. The molecule has 0 aliphatic rings. The molecule has 1 heterocycles. The van der Waals surface area contributed by atoms with Crippen LogP contribution in [0.15, 0.2) is 30.3 Å². The molecular formula is C13H13ClN4O2. The summed E-state index contributed by atoms with van der Waals surface area (Å²) in [7, 11) is 0. The number of hydrogen-bond donors (Lipinski definition) is 1. The molecule has 104 valence electrons. The van der Waals surface area contributed by atoms with Gasteiger partial charge in [0.15, 0.2) is 0 Å². The van der Waals surface area contributed by atoms with E-state index in [-0.39, 0.29) is 5.69 Å². The van der Waals surface area contributed by atoms with Crippen molar-refractivity contribution in [1.82, 2.24) is 9.97 Å². The second-order valence-electron chi connectivity index (χ2n) is 4.12. The van der Waals surface area contributed by atoms with Gasteiger partial charge in [-0.25, -0.2) is 9.97 Å². The van der Waals surface area contributed by atoms with E-state index in [0.717, 1.165) is 5.56 Å². The highest BCUT2D eigenvalue weighted by Gasteiger charge is 2.05. The van der Waals surface area contributed by atoms with Gasteiger partial charge in [-0.1, -0.05) is 30.7 Å². The van der Waals surface area contributed by atoms with E-state index >= 15 is 0 Å². The Bertz CT molecular complexity index is 616. The molecule has 0 unspecified atom stereocenters. The molecule has 7 heteroatoms. The van der Waals surface area contributed by atoms with Crippen LogP contribution in [-0.2, 0) is 13.0 Å². The average molecular weight is 293 g/mol. The Balaban J connectivity index is 2.04. The van der Waals surface area contributed by atoms with Crippen molar-refractivity contribution in [3.63, 3.8) is 0 Å². The molecule has 0 amide bonds. The summed E-state index contributed by atoms with van der Waals surface area (Å²) in [6.45, 7) is 2.46. The lowest BCUT2D eigenvalue weighted by Crippen LogP contribution is -2.04. The number of aromatic nitrogens is 2. The first-order chi connectivity index (χ1) is 9.58. The van der Waals surface area contributed by atoms with Crippen molar-refractivity contribution in [2.45, 2.75) is 19.9 Å². The van der Waals surface area contributed by atoms with E-state index in [4.69, 9.17) is 11.6 Å². The fourth-order valence-corrected chi connectivity index (χ4v) is 1.84. The van der Waals surface area contributed by atoms with Gasteiger partial charge in [-0.2, -0.15) is 0 Å².